The highest BCUT2D eigenvalue weighted by atomic mass is 16.8. The van der Waals surface area contributed by atoms with Gasteiger partial charge in [-0.1, -0.05) is 0 Å². The Morgan fingerprint density at radius 3 is 2.67 bits per heavy atom. The van der Waals surface area contributed by atoms with Crippen LogP contribution in [0.25, 0.3) is 11.2 Å². The van der Waals surface area contributed by atoms with Crippen LogP contribution in [0.4, 0.5) is 5.95 Å². The number of rotatable bonds is 7. The number of hydrogen-bond acceptors (Lipinski definition) is 12. The van der Waals surface area contributed by atoms with Gasteiger partial charge in [0.2, 0.25) is 11.6 Å². The predicted molar refractivity (Wildman–Crippen MR) is 99.3 cm³/mol. The highest BCUT2D eigenvalue weighted by Crippen LogP contribution is 2.23. The van der Waals surface area contributed by atoms with Gasteiger partial charge in [0.15, 0.2) is 6.79 Å². The fourth-order valence-electron chi connectivity index (χ4n) is 2.65. The van der Waals surface area contributed by atoms with Crippen LogP contribution in [0, 0.1) is 5.41 Å². The van der Waals surface area contributed by atoms with Crippen molar-refractivity contribution < 1.29 is 39.2 Å². The van der Waals surface area contributed by atoms with Gasteiger partial charge in [0.1, 0.15) is 30.2 Å². The van der Waals surface area contributed by atoms with Crippen LogP contribution in [0.5, 0.6) is 0 Å². The fraction of sp³-hybridized carbons (Fsp3) is 0.647. The average molecular weight is 427 g/mol. The molecule has 0 spiro atoms. The first-order valence-corrected chi connectivity index (χ1v) is 9.16. The third kappa shape index (κ3) is 4.44. The second-order valence-corrected chi connectivity index (χ2v) is 7.72. The Hall–Kier alpha value is -2.58. The van der Waals surface area contributed by atoms with E-state index in [0.29, 0.717) is 5.69 Å². The number of aliphatic hydroxyl groups excluding tert-OH is 3. The zero-order valence-electron chi connectivity index (χ0n) is 16.8. The molecule has 3 rings (SSSR count). The lowest BCUT2D eigenvalue weighted by molar-refractivity contribution is -0.167. The van der Waals surface area contributed by atoms with E-state index < -0.39 is 42.6 Å². The monoisotopic (exact) mass is 427 g/mol. The maximum Gasteiger partial charge on any atom is 0.313 e. The molecule has 2 aromatic rings. The molecule has 0 bridgehead atoms. The van der Waals surface area contributed by atoms with E-state index in [4.69, 9.17) is 24.8 Å². The zero-order valence-corrected chi connectivity index (χ0v) is 16.8. The minimum atomic E-state index is -1.42. The molecular weight excluding hydrogens is 402 g/mol. The van der Waals surface area contributed by atoms with Crippen LogP contribution in [0.15, 0.2) is 6.33 Å². The van der Waals surface area contributed by atoms with Crippen LogP contribution in [0.1, 0.15) is 26.5 Å². The maximum absolute atomic E-state index is 11.8. The number of carbonyl (C=O) groups excluding carboxylic acids is 1. The molecular formula is C17H25N5O8. The summed E-state index contributed by atoms with van der Waals surface area (Å²) in [5.74, 6) is -0.514. The van der Waals surface area contributed by atoms with Crippen LogP contribution in [0.2, 0.25) is 0 Å². The van der Waals surface area contributed by atoms with Gasteiger partial charge in [0, 0.05) is 0 Å². The van der Waals surface area contributed by atoms with Crippen LogP contribution in [0.3, 0.4) is 0 Å². The number of aromatic nitrogens is 4. The second-order valence-electron chi connectivity index (χ2n) is 7.72. The van der Waals surface area contributed by atoms with Crippen LogP contribution >= 0.6 is 0 Å². The van der Waals surface area contributed by atoms with Crippen molar-refractivity contribution in [3.8, 4) is 0 Å². The minimum Gasteiger partial charge on any atom is -0.438 e. The zero-order chi connectivity index (χ0) is 22.1. The molecule has 3 heterocycles. The van der Waals surface area contributed by atoms with Crippen molar-refractivity contribution in [3.05, 3.63) is 12.0 Å². The third-order valence-corrected chi connectivity index (χ3v) is 4.34. The number of imidazole rings is 1. The Balaban J connectivity index is 1.70. The Bertz CT molecular complexity index is 898. The molecule has 0 amide bonds. The Morgan fingerprint density at radius 1 is 1.30 bits per heavy atom. The van der Waals surface area contributed by atoms with Gasteiger partial charge in [0.25, 0.3) is 6.29 Å². The van der Waals surface area contributed by atoms with E-state index in [2.05, 4.69) is 15.0 Å². The van der Waals surface area contributed by atoms with Gasteiger partial charge in [-0.25, -0.2) is 15.0 Å². The topological polar surface area (TPSA) is 184 Å². The number of fused-ring (bicyclic) bond motifs is 1. The molecule has 13 heteroatoms. The first-order valence-electron chi connectivity index (χ1n) is 9.16. The van der Waals surface area contributed by atoms with Gasteiger partial charge in [-0.3, -0.25) is 4.79 Å². The molecule has 166 valence electrons. The molecule has 1 aliphatic heterocycles. The number of carbonyl (C=O) groups is 1. The summed E-state index contributed by atoms with van der Waals surface area (Å²) in [5, 5.41) is 29.1. The number of nitrogen functional groups attached to an aromatic ring is 1. The molecule has 2 aromatic heterocycles. The van der Waals surface area contributed by atoms with Gasteiger partial charge in [-0.2, -0.15) is 0 Å². The lowest BCUT2D eigenvalue weighted by Crippen LogP contribution is -2.38. The molecule has 1 aliphatic rings. The van der Waals surface area contributed by atoms with Crippen molar-refractivity contribution in [2.75, 3.05) is 19.1 Å². The number of nitrogens with zero attached hydrogens (tertiary/aromatic N) is 4. The molecule has 5 N–H and O–H groups in total. The molecule has 13 nitrogen and oxygen atoms in total. The first kappa shape index (κ1) is 22.1. The van der Waals surface area contributed by atoms with Gasteiger partial charge in [-0.05, 0) is 20.8 Å². The van der Waals surface area contributed by atoms with Crippen LogP contribution in [-0.2, 0) is 25.6 Å². The van der Waals surface area contributed by atoms with E-state index >= 15 is 0 Å². The Labute approximate surface area is 171 Å². The van der Waals surface area contributed by atoms with Crippen molar-refractivity contribution in [2.24, 2.45) is 5.41 Å². The van der Waals surface area contributed by atoms with Crippen molar-refractivity contribution >= 4 is 23.1 Å². The number of ether oxygens (including phenoxy) is 3. The molecule has 0 aliphatic carbocycles. The molecule has 0 saturated carbocycles. The summed E-state index contributed by atoms with van der Waals surface area (Å²) in [5.41, 5.74) is 6.04. The first-order chi connectivity index (χ1) is 14.1. The number of anilines is 1. The van der Waals surface area contributed by atoms with E-state index in [1.54, 1.807) is 20.8 Å². The minimum absolute atomic E-state index is 0.0409. The summed E-state index contributed by atoms with van der Waals surface area (Å²) in [4.78, 5) is 29.6. The summed E-state index contributed by atoms with van der Waals surface area (Å²) in [6.07, 6.45) is -3.81. The SMILES string of the molecule is CC(C)(C)C(=O)OCOCc1ncnc2c1nc(N)n2O[C@@H]1O[C@H](CO)[C@@H](O)[C@@H]1O. The number of aliphatic hydroxyl groups is 3. The quantitative estimate of drug-likeness (QED) is 0.224. The van der Waals surface area contributed by atoms with Gasteiger partial charge >= 0.3 is 5.97 Å². The molecule has 0 aromatic carbocycles. The number of hydrogen-bond donors (Lipinski definition) is 4. The highest BCUT2D eigenvalue weighted by molar-refractivity contribution is 5.76. The van der Waals surface area contributed by atoms with Crippen molar-refractivity contribution in [3.63, 3.8) is 0 Å². The van der Waals surface area contributed by atoms with Crippen LogP contribution < -0.4 is 10.6 Å². The standard InChI is InChI=1S/C17H25N5O8/c1-17(2,3)15(26)28-7-27-5-8-10-13(20-6-19-8)22(16(18)21-10)30-14-12(25)11(24)9(4-23)29-14/h6,9,11-12,14,23-25H,4-5,7H2,1-3H3,(H2,18,21)/t9-,11-,12+,14+/m1/s1. The van der Waals surface area contributed by atoms with E-state index in [9.17, 15) is 20.1 Å². The molecule has 30 heavy (non-hydrogen) atoms. The van der Waals surface area contributed by atoms with E-state index in [0.717, 1.165) is 4.73 Å². The highest BCUT2D eigenvalue weighted by Gasteiger charge is 2.44. The normalized spacial score (nSPS) is 24.3. The largest absolute Gasteiger partial charge is 0.438 e. The predicted octanol–water partition coefficient (Wildman–Crippen LogP) is -1.66. The van der Waals surface area contributed by atoms with E-state index in [1.807, 2.05) is 0 Å². The molecule has 4 atom stereocenters. The third-order valence-electron chi connectivity index (χ3n) is 4.34. The second kappa shape index (κ2) is 8.65. The van der Waals surface area contributed by atoms with Gasteiger partial charge in [-0.15, -0.1) is 4.73 Å². The molecule has 0 unspecified atom stereocenters. The smallest absolute Gasteiger partial charge is 0.313 e. The van der Waals surface area contributed by atoms with Gasteiger partial charge < -0.3 is 40.1 Å². The van der Waals surface area contributed by atoms with E-state index in [1.165, 1.54) is 6.33 Å². The van der Waals surface area contributed by atoms with Gasteiger partial charge in [0.05, 0.1) is 24.3 Å². The summed E-state index contributed by atoms with van der Waals surface area (Å²) in [6.45, 7) is 4.38. The number of esters is 1. The molecule has 1 saturated heterocycles. The van der Waals surface area contributed by atoms with Crippen molar-refractivity contribution in [2.45, 2.75) is 52.0 Å². The van der Waals surface area contributed by atoms with Crippen molar-refractivity contribution in [1.82, 2.24) is 19.7 Å². The maximum atomic E-state index is 11.8. The number of nitrogens with two attached hydrogens (primary N) is 1. The average Bonchev–Trinajstić information content (AvgIpc) is 3.15. The van der Waals surface area contributed by atoms with E-state index in [-0.39, 0.29) is 30.5 Å². The fourth-order valence-corrected chi connectivity index (χ4v) is 2.65. The molecule has 0 radical (unpaired) electrons. The van der Waals surface area contributed by atoms with Crippen LogP contribution in [-0.4, -0.2) is 79.0 Å². The lowest BCUT2D eigenvalue weighted by Gasteiger charge is -2.17. The Morgan fingerprint density at radius 2 is 2.03 bits per heavy atom. The summed E-state index contributed by atoms with van der Waals surface area (Å²) in [6, 6.07) is 0. The Kier molecular flexibility index (Phi) is 6.38. The van der Waals surface area contributed by atoms with Crippen molar-refractivity contribution in [1.29, 1.82) is 0 Å². The summed E-state index contributed by atoms with van der Waals surface area (Å²) in [7, 11) is 0. The molecule has 1 fully saturated rings. The summed E-state index contributed by atoms with van der Waals surface area (Å²) >= 11 is 0. The lowest BCUT2D eigenvalue weighted by atomic mass is 9.98. The summed E-state index contributed by atoms with van der Waals surface area (Å²) < 4.78 is 16.7.